The molecular formula is C24H31N3O2. The lowest BCUT2D eigenvalue weighted by Crippen LogP contribution is -2.45. The molecule has 4 rings (SSSR count). The third-order valence-corrected chi connectivity index (χ3v) is 6.31. The van der Waals surface area contributed by atoms with E-state index in [1.165, 1.54) is 16.7 Å². The van der Waals surface area contributed by atoms with Crippen LogP contribution in [0.25, 0.3) is 0 Å². The summed E-state index contributed by atoms with van der Waals surface area (Å²) in [5.41, 5.74) is 8.16. The average Bonchev–Trinajstić information content (AvgIpc) is 2.76. The van der Waals surface area contributed by atoms with E-state index in [0.717, 1.165) is 37.2 Å². The summed E-state index contributed by atoms with van der Waals surface area (Å²) in [5.74, 6) is 1.45. The maximum Gasteiger partial charge on any atom is 0.227 e. The molecule has 29 heavy (non-hydrogen) atoms. The number of rotatable bonds is 5. The van der Waals surface area contributed by atoms with E-state index in [1.54, 1.807) is 0 Å². The van der Waals surface area contributed by atoms with Gasteiger partial charge >= 0.3 is 0 Å². The Labute approximate surface area is 173 Å². The molecule has 5 heteroatoms. The first-order valence-electron chi connectivity index (χ1n) is 10.7. The van der Waals surface area contributed by atoms with E-state index >= 15 is 0 Å². The Morgan fingerprint density at radius 1 is 1.17 bits per heavy atom. The van der Waals surface area contributed by atoms with Crippen LogP contribution in [0.4, 0.5) is 5.69 Å². The Balaban J connectivity index is 1.83. The van der Waals surface area contributed by atoms with Crippen LogP contribution < -0.4 is 15.1 Å². The van der Waals surface area contributed by atoms with Gasteiger partial charge in [0.05, 0.1) is 12.6 Å². The zero-order valence-electron chi connectivity index (χ0n) is 17.6. The first-order valence-corrected chi connectivity index (χ1v) is 10.7. The summed E-state index contributed by atoms with van der Waals surface area (Å²) in [6.45, 7) is 3.69. The van der Waals surface area contributed by atoms with Crippen LogP contribution in [-0.4, -0.2) is 38.2 Å². The Morgan fingerprint density at radius 2 is 1.97 bits per heavy atom. The molecule has 5 nitrogen and oxygen atoms in total. The molecule has 1 fully saturated rings. The Morgan fingerprint density at radius 3 is 2.69 bits per heavy atom. The van der Waals surface area contributed by atoms with Crippen LogP contribution in [0.1, 0.15) is 54.8 Å². The van der Waals surface area contributed by atoms with Crippen molar-refractivity contribution >= 4 is 11.6 Å². The van der Waals surface area contributed by atoms with Crippen molar-refractivity contribution in [3.05, 3.63) is 59.2 Å². The number of hydrogen-bond acceptors (Lipinski definition) is 4. The van der Waals surface area contributed by atoms with E-state index in [2.05, 4.69) is 52.9 Å². The fourth-order valence-corrected chi connectivity index (χ4v) is 4.89. The fraction of sp³-hybridized carbons (Fsp3) is 0.458. The number of benzene rings is 2. The first kappa shape index (κ1) is 19.9. The van der Waals surface area contributed by atoms with Gasteiger partial charge in [0, 0.05) is 37.2 Å². The summed E-state index contributed by atoms with van der Waals surface area (Å²) in [6.07, 6.45) is 3.56. The van der Waals surface area contributed by atoms with Crippen molar-refractivity contribution in [2.45, 2.75) is 44.6 Å². The normalized spacial score (nSPS) is 22.4. The predicted octanol–water partition coefficient (Wildman–Crippen LogP) is 4.05. The van der Waals surface area contributed by atoms with Crippen molar-refractivity contribution in [2.24, 2.45) is 0 Å². The molecule has 2 heterocycles. The molecule has 2 aromatic carbocycles. The molecule has 1 saturated heterocycles. The molecule has 154 valence electrons. The highest BCUT2D eigenvalue weighted by atomic mass is 16.5. The van der Waals surface area contributed by atoms with Crippen molar-refractivity contribution in [2.75, 3.05) is 32.1 Å². The number of nitrogens with one attached hydrogen (secondary N) is 1. The van der Waals surface area contributed by atoms with Gasteiger partial charge in [0.15, 0.2) is 0 Å². The number of amides is 1. The third kappa shape index (κ3) is 3.77. The highest BCUT2D eigenvalue weighted by molar-refractivity contribution is 5.96. The van der Waals surface area contributed by atoms with Gasteiger partial charge in [-0.1, -0.05) is 30.3 Å². The maximum absolute atomic E-state index is 12.3. The van der Waals surface area contributed by atoms with E-state index in [4.69, 9.17) is 4.74 Å². The predicted molar refractivity (Wildman–Crippen MR) is 116 cm³/mol. The van der Waals surface area contributed by atoms with E-state index in [9.17, 15) is 4.79 Å². The maximum atomic E-state index is 12.3. The number of hydrazine groups is 1. The van der Waals surface area contributed by atoms with Crippen LogP contribution in [-0.2, 0) is 11.2 Å². The molecule has 0 unspecified atom stereocenters. The molecule has 2 aliphatic rings. The highest BCUT2D eigenvalue weighted by Crippen LogP contribution is 2.47. The van der Waals surface area contributed by atoms with Gasteiger partial charge in [0.25, 0.3) is 0 Å². The van der Waals surface area contributed by atoms with Gasteiger partial charge < -0.3 is 9.64 Å². The molecular weight excluding hydrogens is 362 g/mol. The van der Waals surface area contributed by atoms with Gasteiger partial charge in [-0.2, -0.15) is 0 Å². The number of piperidine rings is 1. The topological polar surface area (TPSA) is 44.8 Å². The molecule has 0 aliphatic carbocycles. The monoisotopic (exact) mass is 393 g/mol. The van der Waals surface area contributed by atoms with Crippen molar-refractivity contribution < 1.29 is 9.53 Å². The number of fused-ring (bicyclic) bond motifs is 1. The number of aryl methyl sites for hydroxylation is 1. The van der Waals surface area contributed by atoms with Gasteiger partial charge in [0.2, 0.25) is 5.91 Å². The van der Waals surface area contributed by atoms with Gasteiger partial charge in [-0.15, -0.1) is 0 Å². The van der Waals surface area contributed by atoms with Crippen molar-refractivity contribution in [3.63, 3.8) is 0 Å². The first-order chi connectivity index (χ1) is 14.1. The zero-order chi connectivity index (χ0) is 20.4. The molecule has 0 saturated carbocycles. The standard InChI is InChI=1S/C24H31N3O2/c1-4-29-22-15-18-12-13-23(28)26(3)21(18)16-20(22)19-11-8-14-27(25-2)24(19)17-9-6-5-7-10-17/h5-7,9-10,15-16,19,24-25H,4,8,11-14H2,1-3H3/t19-,24+/m0/s1. The summed E-state index contributed by atoms with van der Waals surface area (Å²) >= 11 is 0. The van der Waals surface area contributed by atoms with Crippen LogP contribution in [0.3, 0.4) is 0 Å². The summed E-state index contributed by atoms with van der Waals surface area (Å²) in [5, 5.41) is 2.34. The second-order valence-electron chi connectivity index (χ2n) is 7.93. The molecule has 2 aromatic rings. The Bertz CT molecular complexity index is 868. The smallest absolute Gasteiger partial charge is 0.227 e. The quantitative estimate of drug-likeness (QED) is 0.832. The van der Waals surface area contributed by atoms with E-state index < -0.39 is 0 Å². The number of nitrogens with zero attached hydrogens (tertiary/aromatic N) is 2. The van der Waals surface area contributed by atoms with Crippen LogP contribution in [0.2, 0.25) is 0 Å². The van der Waals surface area contributed by atoms with Gasteiger partial charge in [0.1, 0.15) is 5.75 Å². The molecule has 2 aliphatic heterocycles. The van der Waals surface area contributed by atoms with Crippen LogP contribution in [0.5, 0.6) is 5.75 Å². The Kier molecular flexibility index (Phi) is 5.88. The molecule has 1 N–H and O–H groups in total. The lowest BCUT2D eigenvalue weighted by atomic mass is 9.79. The van der Waals surface area contributed by atoms with E-state index in [1.807, 2.05) is 25.9 Å². The molecule has 0 radical (unpaired) electrons. The number of carbonyl (C=O) groups excluding carboxylic acids is 1. The molecule has 2 atom stereocenters. The van der Waals surface area contributed by atoms with E-state index in [0.29, 0.717) is 13.0 Å². The lowest BCUT2D eigenvalue weighted by Gasteiger charge is -2.42. The summed E-state index contributed by atoms with van der Waals surface area (Å²) in [4.78, 5) is 14.1. The largest absolute Gasteiger partial charge is 0.494 e. The minimum atomic E-state index is 0.188. The summed E-state index contributed by atoms with van der Waals surface area (Å²) in [6, 6.07) is 15.3. The van der Waals surface area contributed by atoms with Crippen LogP contribution in [0, 0.1) is 0 Å². The Hall–Kier alpha value is -2.37. The zero-order valence-corrected chi connectivity index (χ0v) is 17.6. The van der Waals surface area contributed by atoms with Gasteiger partial charge in [-0.3, -0.25) is 10.2 Å². The molecule has 0 aromatic heterocycles. The second kappa shape index (κ2) is 8.56. The highest BCUT2D eigenvalue weighted by Gasteiger charge is 2.36. The van der Waals surface area contributed by atoms with Crippen LogP contribution in [0.15, 0.2) is 42.5 Å². The third-order valence-electron chi connectivity index (χ3n) is 6.31. The number of carbonyl (C=O) groups is 1. The fourth-order valence-electron chi connectivity index (χ4n) is 4.89. The molecule has 0 spiro atoms. The number of ether oxygens (including phenoxy) is 1. The summed E-state index contributed by atoms with van der Waals surface area (Å²) in [7, 11) is 3.89. The minimum absolute atomic E-state index is 0.188. The lowest BCUT2D eigenvalue weighted by molar-refractivity contribution is -0.118. The average molecular weight is 394 g/mol. The van der Waals surface area contributed by atoms with Crippen molar-refractivity contribution in [1.29, 1.82) is 0 Å². The summed E-state index contributed by atoms with van der Waals surface area (Å²) < 4.78 is 6.13. The van der Waals surface area contributed by atoms with Gasteiger partial charge in [-0.25, -0.2) is 5.01 Å². The SMILES string of the molecule is CCOc1cc2c(cc1[C@@H]1CCCN(NC)[C@@H]1c1ccccc1)N(C)C(=O)CC2. The number of anilines is 1. The number of hydrogen-bond donors (Lipinski definition) is 1. The molecule has 1 amide bonds. The van der Waals surface area contributed by atoms with Crippen molar-refractivity contribution in [1.82, 2.24) is 10.4 Å². The minimum Gasteiger partial charge on any atom is -0.494 e. The second-order valence-corrected chi connectivity index (χ2v) is 7.93. The molecule has 0 bridgehead atoms. The van der Waals surface area contributed by atoms with E-state index in [-0.39, 0.29) is 17.9 Å². The van der Waals surface area contributed by atoms with Gasteiger partial charge in [-0.05, 0) is 56.5 Å². The van der Waals surface area contributed by atoms with Crippen LogP contribution >= 0.6 is 0 Å². The van der Waals surface area contributed by atoms with Crippen molar-refractivity contribution in [3.8, 4) is 5.75 Å².